The number of aliphatic hydroxyl groups is 1. The van der Waals surface area contributed by atoms with Crippen molar-refractivity contribution in [2.24, 2.45) is 0 Å². The fourth-order valence-corrected chi connectivity index (χ4v) is 3.50. The van der Waals surface area contributed by atoms with Gasteiger partial charge in [-0.05, 0) is 49.1 Å². The molecule has 1 N–H and O–H groups in total. The van der Waals surface area contributed by atoms with E-state index in [1.807, 2.05) is 0 Å². The summed E-state index contributed by atoms with van der Waals surface area (Å²) in [5, 5.41) is 11.0. The molecule has 1 aromatic heterocycles. The Hall–Kier alpha value is -1.49. The average Bonchev–Trinajstić information content (AvgIpc) is 2.59. The molecule has 0 fully saturated rings. The zero-order valence-corrected chi connectivity index (χ0v) is 14.3. The van der Waals surface area contributed by atoms with Gasteiger partial charge in [0.05, 0.1) is 11.8 Å². The first kappa shape index (κ1) is 17.3. The second-order valence-electron chi connectivity index (χ2n) is 5.95. The molecular weight excluding hydrogens is 352 g/mol. The lowest BCUT2D eigenvalue weighted by atomic mass is 9.77. The number of fused-ring (bicyclic) bond motifs is 1. The van der Waals surface area contributed by atoms with E-state index >= 15 is 4.39 Å². The summed E-state index contributed by atoms with van der Waals surface area (Å²) < 4.78 is 15.5. The van der Waals surface area contributed by atoms with Crippen LogP contribution in [-0.2, 0) is 16.9 Å². The third-order valence-electron chi connectivity index (χ3n) is 4.41. The molecule has 0 amide bonds. The number of alkyl halides is 1. The van der Waals surface area contributed by atoms with Gasteiger partial charge in [0.25, 0.3) is 0 Å². The van der Waals surface area contributed by atoms with Crippen LogP contribution in [0.4, 0.5) is 4.39 Å². The largest absolute Gasteiger partial charge is 0.387 e. The van der Waals surface area contributed by atoms with E-state index in [1.165, 1.54) is 12.3 Å². The normalized spacial score (nSPS) is 22.9. The number of pyridine rings is 1. The van der Waals surface area contributed by atoms with Crippen molar-refractivity contribution in [3.05, 3.63) is 63.4 Å². The predicted molar refractivity (Wildman–Crippen MR) is 91.0 cm³/mol. The molecular formula is C18H16Cl2FNO2. The minimum Gasteiger partial charge on any atom is -0.387 e. The van der Waals surface area contributed by atoms with Gasteiger partial charge in [-0.3, -0.25) is 9.78 Å². The van der Waals surface area contributed by atoms with Gasteiger partial charge in [0.1, 0.15) is 0 Å². The van der Waals surface area contributed by atoms with Gasteiger partial charge < -0.3 is 5.11 Å². The lowest BCUT2D eigenvalue weighted by Gasteiger charge is -2.32. The van der Waals surface area contributed by atoms with Crippen LogP contribution >= 0.6 is 23.2 Å². The lowest BCUT2D eigenvalue weighted by Crippen LogP contribution is -2.36. The molecule has 0 radical (unpaired) electrons. The molecule has 0 unspecified atom stereocenters. The summed E-state index contributed by atoms with van der Waals surface area (Å²) in [6, 6.07) is 8.10. The van der Waals surface area contributed by atoms with E-state index in [1.54, 1.807) is 24.3 Å². The van der Waals surface area contributed by atoms with E-state index in [-0.39, 0.29) is 30.5 Å². The van der Waals surface area contributed by atoms with Gasteiger partial charge in [0.15, 0.2) is 11.5 Å². The number of aryl methyl sites for hydroxylation is 1. The monoisotopic (exact) mass is 367 g/mol. The maximum absolute atomic E-state index is 15.5. The molecule has 3 nitrogen and oxygen atoms in total. The topological polar surface area (TPSA) is 50.2 Å². The summed E-state index contributed by atoms with van der Waals surface area (Å²) in [6.07, 6.45) is 1.09. The van der Waals surface area contributed by atoms with Crippen LogP contribution in [0.25, 0.3) is 0 Å². The summed E-state index contributed by atoms with van der Waals surface area (Å²) in [4.78, 5) is 16.6. The fourth-order valence-electron chi connectivity index (χ4n) is 3.10. The summed E-state index contributed by atoms with van der Waals surface area (Å²) in [5.41, 5.74) is -0.983. The van der Waals surface area contributed by atoms with Gasteiger partial charge in [-0.15, -0.1) is 0 Å². The fraction of sp³-hybridized carbons (Fsp3) is 0.333. The van der Waals surface area contributed by atoms with E-state index < -0.39 is 17.6 Å². The van der Waals surface area contributed by atoms with Crippen LogP contribution in [0.3, 0.4) is 0 Å². The van der Waals surface area contributed by atoms with Crippen LogP contribution in [-0.4, -0.2) is 15.9 Å². The SMILES string of the molecule is O=C(CCc1cc(Cl)ccc1Cl)[C@]1(F)CC[C@H](O)c2ncccc21. The van der Waals surface area contributed by atoms with Crippen molar-refractivity contribution >= 4 is 29.0 Å². The highest BCUT2D eigenvalue weighted by Crippen LogP contribution is 2.43. The number of hydrogen-bond acceptors (Lipinski definition) is 3. The Morgan fingerprint density at radius 3 is 2.96 bits per heavy atom. The van der Waals surface area contributed by atoms with E-state index in [4.69, 9.17) is 23.2 Å². The smallest absolute Gasteiger partial charge is 0.195 e. The molecule has 0 saturated heterocycles. The summed E-state index contributed by atoms with van der Waals surface area (Å²) in [5.74, 6) is -0.528. The zero-order chi connectivity index (χ0) is 17.3. The van der Waals surface area contributed by atoms with Crippen molar-refractivity contribution in [3.63, 3.8) is 0 Å². The Labute approximate surface area is 149 Å². The summed E-state index contributed by atoms with van der Waals surface area (Å²) >= 11 is 12.0. The number of carbonyl (C=O) groups is 1. The van der Waals surface area contributed by atoms with Crippen LogP contribution in [0.15, 0.2) is 36.5 Å². The highest BCUT2D eigenvalue weighted by atomic mass is 35.5. The maximum atomic E-state index is 15.5. The van der Waals surface area contributed by atoms with E-state index in [0.717, 1.165) is 0 Å². The molecule has 0 saturated carbocycles. The van der Waals surface area contributed by atoms with Crippen molar-refractivity contribution in [2.45, 2.75) is 37.5 Å². The van der Waals surface area contributed by atoms with Gasteiger partial charge in [-0.25, -0.2) is 4.39 Å². The average molecular weight is 368 g/mol. The zero-order valence-electron chi connectivity index (χ0n) is 12.8. The molecule has 2 aromatic rings. The number of halogens is 3. The first-order valence-electron chi connectivity index (χ1n) is 7.71. The first-order valence-corrected chi connectivity index (χ1v) is 8.47. The van der Waals surface area contributed by atoms with Crippen molar-refractivity contribution < 1.29 is 14.3 Å². The van der Waals surface area contributed by atoms with Gasteiger partial charge in [0.2, 0.25) is 0 Å². The molecule has 6 heteroatoms. The van der Waals surface area contributed by atoms with Crippen molar-refractivity contribution in [1.29, 1.82) is 0 Å². The molecule has 1 aromatic carbocycles. The molecule has 0 spiro atoms. The van der Waals surface area contributed by atoms with Crippen molar-refractivity contribution in [3.8, 4) is 0 Å². The van der Waals surface area contributed by atoms with Crippen LogP contribution in [0.2, 0.25) is 10.0 Å². The Balaban J connectivity index is 1.82. The number of rotatable bonds is 4. The molecule has 24 heavy (non-hydrogen) atoms. The molecule has 0 bridgehead atoms. The van der Waals surface area contributed by atoms with Crippen molar-refractivity contribution in [1.82, 2.24) is 4.98 Å². The van der Waals surface area contributed by atoms with E-state index in [0.29, 0.717) is 22.0 Å². The first-order chi connectivity index (χ1) is 11.4. The standard InChI is InChI=1S/C18H16Cl2FNO2/c19-12-4-5-14(20)11(10-12)3-6-16(24)18(21)8-7-15(23)17-13(18)2-1-9-22-17/h1-2,4-5,9-10,15,23H,3,6-8H2/t15-,18-/m0/s1. The summed E-state index contributed by atoms with van der Waals surface area (Å²) in [7, 11) is 0. The van der Waals surface area contributed by atoms with Crippen LogP contribution in [0.5, 0.6) is 0 Å². The van der Waals surface area contributed by atoms with Gasteiger partial charge in [-0.2, -0.15) is 0 Å². The quantitative estimate of drug-likeness (QED) is 0.859. The number of hydrogen-bond donors (Lipinski definition) is 1. The molecule has 1 heterocycles. The molecule has 3 rings (SSSR count). The molecule has 1 aliphatic carbocycles. The highest BCUT2D eigenvalue weighted by Gasteiger charge is 2.45. The van der Waals surface area contributed by atoms with Crippen LogP contribution in [0, 0.1) is 0 Å². The predicted octanol–water partition coefficient (Wildman–Crippen LogP) is 4.58. The second-order valence-corrected chi connectivity index (χ2v) is 6.79. The number of nitrogens with zero attached hydrogens (tertiary/aromatic N) is 1. The van der Waals surface area contributed by atoms with E-state index in [2.05, 4.69) is 4.98 Å². The molecule has 126 valence electrons. The minimum absolute atomic E-state index is 0.000984. The van der Waals surface area contributed by atoms with Gasteiger partial charge >= 0.3 is 0 Å². The number of ketones is 1. The lowest BCUT2D eigenvalue weighted by molar-refractivity contribution is -0.133. The highest BCUT2D eigenvalue weighted by molar-refractivity contribution is 6.33. The van der Waals surface area contributed by atoms with Crippen LogP contribution < -0.4 is 0 Å². The Morgan fingerprint density at radius 2 is 2.17 bits per heavy atom. The van der Waals surface area contributed by atoms with Crippen molar-refractivity contribution in [2.75, 3.05) is 0 Å². The third-order valence-corrected chi connectivity index (χ3v) is 5.02. The van der Waals surface area contributed by atoms with Crippen LogP contribution in [0.1, 0.15) is 42.2 Å². The molecule has 1 aliphatic rings. The number of benzene rings is 1. The third kappa shape index (κ3) is 3.18. The van der Waals surface area contributed by atoms with Gasteiger partial charge in [0, 0.05) is 28.2 Å². The number of Topliss-reactive ketones (excluding diaryl/α,β-unsaturated/α-hetero) is 1. The Morgan fingerprint density at radius 1 is 1.38 bits per heavy atom. The summed E-state index contributed by atoms with van der Waals surface area (Å²) in [6.45, 7) is 0. The number of carbonyl (C=O) groups excluding carboxylic acids is 1. The molecule has 0 aliphatic heterocycles. The van der Waals surface area contributed by atoms with Gasteiger partial charge in [-0.1, -0.05) is 29.3 Å². The second kappa shape index (κ2) is 6.79. The maximum Gasteiger partial charge on any atom is 0.195 e. The molecule has 2 atom stereocenters. The number of aromatic nitrogens is 1. The Kier molecular flexibility index (Phi) is 4.90. The minimum atomic E-state index is -2.12. The Bertz CT molecular complexity index is 783. The number of aliphatic hydroxyl groups excluding tert-OH is 1. The van der Waals surface area contributed by atoms with E-state index in [9.17, 15) is 9.90 Å².